The normalized spacial score (nSPS) is 14.4. The van der Waals surface area contributed by atoms with Gasteiger partial charge in [0.05, 0.1) is 19.9 Å². The molecule has 1 aromatic heterocycles. The van der Waals surface area contributed by atoms with E-state index in [1.165, 1.54) is 23.5 Å². The van der Waals surface area contributed by atoms with Gasteiger partial charge in [-0.1, -0.05) is 17.7 Å². The number of sulfonamides is 1. The van der Waals surface area contributed by atoms with Crippen molar-refractivity contribution >= 4 is 21.6 Å². The van der Waals surface area contributed by atoms with Crippen LogP contribution in [-0.4, -0.2) is 38.8 Å². The summed E-state index contributed by atoms with van der Waals surface area (Å²) in [5.41, 5.74) is 2.02. The molecular weight excluding hydrogens is 428 g/mol. The molecule has 0 spiro atoms. The fourth-order valence-corrected chi connectivity index (χ4v) is 5.50. The van der Waals surface area contributed by atoms with Crippen molar-refractivity contribution in [2.45, 2.75) is 31.2 Å². The van der Waals surface area contributed by atoms with Crippen LogP contribution in [0.15, 0.2) is 70.2 Å². The summed E-state index contributed by atoms with van der Waals surface area (Å²) in [6, 6.07) is 15.7. The molecule has 8 heteroatoms. The minimum absolute atomic E-state index is 0.00889. The second-order valence-corrected chi connectivity index (χ2v) is 9.69. The minimum Gasteiger partial charge on any atom is -0.495 e. The number of methoxy groups -OCH3 is 1. The van der Waals surface area contributed by atoms with Crippen LogP contribution >= 0.6 is 0 Å². The average molecular weight is 455 g/mol. The minimum atomic E-state index is -3.76. The summed E-state index contributed by atoms with van der Waals surface area (Å²) in [6.45, 7) is 3.13. The first-order chi connectivity index (χ1) is 15.4. The molecule has 1 aliphatic heterocycles. The molecule has 0 unspecified atom stereocenters. The van der Waals surface area contributed by atoms with E-state index in [4.69, 9.17) is 9.15 Å². The Morgan fingerprint density at radius 2 is 1.81 bits per heavy atom. The number of hydrogen-bond donors (Lipinski definition) is 0. The molecule has 0 bridgehead atoms. The van der Waals surface area contributed by atoms with Crippen molar-refractivity contribution < 1.29 is 22.4 Å². The topological polar surface area (TPSA) is 80.1 Å². The van der Waals surface area contributed by atoms with E-state index in [9.17, 15) is 13.2 Å². The average Bonchev–Trinajstić information content (AvgIpc) is 3.52. The molecule has 1 aliphatic rings. The number of amides is 1. The Kier molecular flexibility index (Phi) is 6.34. The molecule has 0 atom stereocenters. The van der Waals surface area contributed by atoms with E-state index in [0.717, 1.165) is 18.4 Å². The van der Waals surface area contributed by atoms with Crippen LogP contribution in [0.4, 0.5) is 5.69 Å². The molecule has 0 aliphatic carbocycles. The predicted octanol–water partition coefficient (Wildman–Crippen LogP) is 4.23. The standard InChI is InChI=1S/C24H26N2O5S/c1-18-7-10-20(11-8-18)26(17-21-6-5-15-31-21)24(27)19-9-12-22(30-2)23(16-19)32(28,29)25-13-3-4-14-25/h5-12,15-16H,3-4,13-14,17H2,1-2H3. The monoisotopic (exact) mass is 454 g/mol. The smallest absolute Gasteiger partial charge is 0.258 e. The van der Waals surface area contributed by atoms with Gasteiger partial charge in [-0.25, -0.2) is 8.42 Å². The van der Waals surface area contributed by atoms with E-state index < -0.39 is 10.0 Å². The lowest BCUT2D eigenvalue weighted by molar-refractivity contribution is 0.0983. The highest BCUT2D eigenvalue weighted by molar-refractivity contribution is 7.89. The second kappa shape index (κ2) is 9.18. The Morgan fingerprint density at radius 1 is 1.09 bits per heavy atom. The van der Waals surface area contributed by atoms with Crippen LogP contribution in [0.2, 0.25) is 0 Å². The van der Waals surface area contributed by atoms with Crippen LogP contribution in [0.3, 0.4) is 0 Å². The van der Waals surface area contributed by atoms with Gasteiger partial charge in [-0.3, -0.25) is 4.79 Å². The number of anilines is 1. The van der Waals surface area contributed by atoms with Crippen molar-refractivity contribution in [3.8, 4) is 5.75 Å². The maximum atomic E-state index is 13.6. The first-order valence-electron chi connectivity index (χ1n) is 10.5. The molecule has 7 nitrogen and oxygen atoms in total. The van der Waals surface area contributed by atoms with Crippen molar-refractivity contribution in [1.82, 2.24) is 4.31 Å². The molecule has 0 saturated carbocycles. The third-order valence-electron chi connectivity index (χ3n) is 5.58. The van der Waals surface area contributed by atoms with E-state index in [-0.39, 0.29) is 28.7 Å². The fourth-order valence-electron chi connectivity index (χ4n) is 3.80. The molecule has 0 radical (unpaired) electrons. The zero-order chi connectivity index (χ0) is 22.7. The Labute approximate surface area is 188 Å². The van der Waals surface area contributed by atoms with Gasteiger partial charge in [0, 0.05) is 24.3 Å². The molecule has 2 heterocycles. The highest BCUT2D eigenvalue weighted by Gasteiger charge is 2.31. The summed E-state index contributed by atoms with van der Waals surface area (Å²) in [7, 11) is -2.34. The van der Waals surface area contributed by atoms with Gasteiger partial charge in [0.25, 0.3) is 5.91 Å². The van der Waals surface area contributed by atoms with Crippen LogP contribution in [0.5, 0.6) is 5.75 Å². The fraction of sp³-hybridized carbons (Fsp3) is 0.292. The van der Waals surface area contributed by atoms with Gasteiger partial charge in [-0.2, -0.15) is 4.31 Å². The van der Waals surface area contributed by atoms with Crippen molar-refractivity contribution in [3.05, 3.63) is 77.7 Å². The quantitative estimate of drug-likeness (QED) is 0.534. The number of nitrogens with zero attached hydrogens (tertiary/aromatic N) is 2. The highest BCUT2D eigenvalue weighted by atomic mass is 32.2. The summed E-state index contributed by atoms with van der Waals surface area (Å²) >= 11 is 0. The molecule has 1 fully saturated rings. The zero-order valence-corrected chi connectivity index (χ0v) is 19.0. The Morgan fingerprint density at radius 3 is 2.44 bits per heavy atom. The number of carbonyl (C=O) groups excluding carboxylic acids is 1. The van der Waals surface area contributed by atoms with Gasteiger partial charge in [0.2, 0.25) is 10.0 Å². The molecule has 3 aromatic rings. The van der Waals surface area contributed by atoms with Gasteiger partial charge >= 0.3 is 0 Å². The van der Waals surface area contributed by atoms with Crippen LogP contribution in [-0.2, 0) is 16.6 Å². The lowest BCUT2D eigenvalue weighted by Crippen LogP contribution is -2.31. The summed E-state index contributed by atoms with van der Waals surface area (Å²) < 4.78 is 38.7. The zero-order valence-electron chi connectivity index (χ0n) is 18.2. The number of aryl methyl sites for hydroxylation is 1. The molecule has 1 saturated heterocycles. The van der Waals surface area contributed by atoms with E-state index in [0.29, 0.717) is 24.5 Å². The summed E-state index contributed by atoms with van der Waals surface area (Å²) in [6.07, 6.45) is 3.20. The van der Waals surface area contributed by atoms with Crippen LogP contribution in [0.1, 0.15) is 34.5 Å². The number of benzene rings is 2. The largest absolute Gasteiger partial charge is 0.495 e. The van der Waals surface area contributed by atoms with Crippen molar-refractivity contribution in [1.29, 1.82) is 0 Å². The van der Waals surface area contributed by atoms with Gasteiger partial charge in [-0.05, 0) is 62.2 Å². The second-order valence-electron chi connectivity index (χ2n) is 7.78. The maximum absolute atomic E-state index is 13.6. The number of hydrogen-bond acceptors (Lipinski definition) is 5. The van der Waals surface area contributed by atoms with Crippen molar-refractivity contribution in [3.63, 3.8) is 0 Å². The summed E-state index contributed by atoms with van der Waals surface area (Å²) in [5, 5.41) is 0. The number of furan rings is 1. The van der Waals surface area contributed by atoms with E-state index in [1.807, 2.05) is 31.2 Å². The lowest BCUT2D eigenvalue weighted by Gasteiger charge is -2.23. The van der Waals surface area contributed by atoms with Crippen LogP contribution in [0, 0.1) is 6.92 Å². The Balaban J connectivity index is 1.74. The molecule has 4 rings (SSSR count). The molecule has 32 heavy (non-hydrogen) atoms. The first kappa shape index (κ1) is 22.1. The SMILES string of the molecule is COc1ccc(C(=O)N(Cc2ccco2)c2ccc(C)cc2)cc1S(=O)(=O)N1CCCC1. The number of rotatable bonds is 7. The lowest BCUT2D eigenvalue weighted by atomic mass is 10.1. The third-order valence-corrected chi connectivity index (χ3v) is 7.50. The number of ether oxygens (including phenoxy) is 1. The maximum Gasteiger partial charge on any atom is 0.258 e. The highest BCUT2D eigenvalue weighted by Crippen LogP contribution is 2.31. The summed E-state index contributed by atoms with van der Waals surface area (Å²) in [4.78, 5) is 15.2. The molecule has 0 N–H and O–H groups in total. The Bertz CT molecular complexity index is 1180. The third kappa shape index (κ3) is 4.42. The van der Waals surface area contributed by atoms with Gasteiger partial charge in [-0.15, -0.1) is 0 Å². The number of carbonyl (C=O) groups is 1. The van der Waals surface area contributed by atoms with E-state index in [2.05, 4.69) is 0 Å². The first-order valence-corrected chi connectivity index (χ1v) is 11.9. The molecule has 2 aromatic carbocycles. The van der Waals surface area contributed by atoms with Crippen molar-refractivity contribution in [2.24, 2.45) is 0 Å². The van der Waals surface area contributed by atoms with Gasteiger partial charge in [0.15, 0.2) is 0 Å². The van der Waals surface area contributed by atoms with Gasteiger partial charge in [0.1, 0.15) is 16.4 Å². The predicted molar refractivity (Wildman–Crippen MR) is 121 cm³/mol. The van der Waals surface area contributed by atoms with Crippen LogP contribution in [0.25, 0.3) is 0 Å². The van der Waals surface area contributed by atoms with Crippen LogP contribution < -0.4 is 9.64 Å². The van der Waals surface area contributed by atoms with Crippen molar-refractivity contribution in [2.75, 3.05) is 25.1 Å². The molecule has 1 amide bonds. The molecule has 168 valence electrons. The van der Waals surface area contributed by atoms with E-state index >= 15 is 0 Å². The molecular formula is C24H26N2O5S. The van der Waals surface area contributed by atoms with E-state index in [1.54, 1.807) is 29.4 Å². The van der Waals surface area contributed by atoms with Gasteiger partial charge < -0.3 is 14.1 Å². The summed E-state index contributed by atoms with van der Waals surface area (Å²) in [5.74, 6) is 0.518. The Hall–Kier alpha value is -3.10.